The predicted molar refractivity (Wildman–Crippen MR) is 67.1 cm³/mol. The maximum Gasteiger partial charge on any atom is 0.275 e. The van der Waals surface area contributed by atoms with Crippen LogP contribution in [0.3, 0.4) is 0 Å². The highest BCUT2D eigenvalue weighted by atomic mass is 28.4. The van der Waals surface area contributed by atoms with E-state index in [-0.39, 0.29) is 0 Å². The van der Waals surface area contributed by atoms with Crippen LogP contribution in [-0.2, 0) is 13.9 Å². The Morgan fingerprint density at radius 2 is 1.75 bits per heavy atom. The van der Waals surface area contributed by atoms with Gasteiger partial charge in [0.2, 0.25) is 14.1 Å². The number of allylic oxidation sites excluding steroid dienone is 2. The van der Waals surface area contributed by atoms with Crippen molar-refractivity contribution >= 4 is 8.32 Å². The van der Waals surface area contributed by atoms with Gasteiger partial charge in [0, 0.05) is 13.8 Å². The summed E-state index contributed by atoms with van der Waals surface area (Å²) in [5, 5.41) is 0. The van der Waals surface area contributed by atoms with E-state index < -0.39 is 14.1 Å². The summed E-state index contributed by atoms with van der Waals surface area (Å²) in [6.45, 7) is 14.1. The van der Waals surface area contributed by atoms with Crippen molar-refractivity contribution in [2.45, 2.75) is 53.1 Å². The molecule has 0 unspecified atom stereocenters. The van der Waals surface area contributed by atoms with Crippen LogP contribution in [0.4, 0.5) is 0 Å². The molecular formula is C12H22O3Si. The molecule has 0 spiro atoms. The molecule has 16 heavy (non-hydrogen) atoms. The number of ether oxygens (including phenoxy) is 2. The first-order valence-electron chi connectivity index (χ1n) is 5.59. The zero-order valence-electron chi connectivity index (χ0n) is 11.3. The average Bonchev–Trinajstić information content (AvgIpc) is 2.07. The molecule has 0 fully saturated rings. The van der Waals surface area contributed by atoms with Crippen LogP contribution in [0.15, 0.2) is 23.4 Å². The first-order valence-corrected chi connectivity index (χ1v) is 9.00. The highest BCUT2D eigenvalue weighted by molar-refractivity contribution is 6.70. The lowest BCUT2D eigenvalue weighted by molar-refractivity contribution is -0.197. The highest BCUT2D eigenvalue weighted by Gasteiger charge is 2.34. The molecule has 0 bridgehead atoms. The second-order valence-corrected chi connectivity index (χ2v) is 9.81. The summed E-state index contributed by atoms with van der Waals surface area (Å²) in [7, 11) is -1.66. The standard InChI is InChI=1S/C12H22O3Si/c1-8-10-9(2)11(15-16(5,6)7)14-12(3,4)13-10/h8H,1-7H3. The van der Waals surface area contributed by atoms with Gasteiger partial charge in [-0.1, -0.05) is 0 Å². The van der Waals surface area contributed by atoms with Gasteiger partial charge in [-0.05, 0) is 39.6 Å². The highest BCUT2D eigenvalue weighted by Crippen LogP contribution is 2.34. The average molecular weight is 242 g/mol. The van der Waals surface area contributed by atoms with Crippen molar-refractivity contribution in [1.29, 1.82) is 0 Å². The van der Waals surface area contributed by atoms with Crippen LogP contribution in [0.5, 0.6) is 0 Å². The Labute approximate surface area is 99.2 Å². The predicted octanol–water partition coefficient (Wildman–Crippen LogP) is 3.76. The van der Waals surface area contributed by atoms with E-state index in [2.05, 4.69) is 19.6 Å². The minimum Gasteiger partial charge on any atom is -0.519 e. The first-order chi connectivity index (χ1) is 7.14. The molecule has 1 heterocycles. The van der Waals surface area contributed by atoms with Crippen molar-refractivity contribution in [3.05, 3.63) is 23.4 Å². The molecule has 0 aromatic rings. The van der Waals surface area contributed by atoms with Crippen LogP contribution in [0.25, 0.3) is 0 Å². The monoisotopic (exact) mass is 242 g/mol. The van der Waals surface area contributed by atoms with Gasteiger partial charge in [-0.3, -0.25) is 0 Å². The fraction of sp³-hybridized carbons (Fsp3) is 0.667. The molecule has 0 amide bonds. The molecule has 1 rings (SSSR count). The summed E-state index contributed by atoms with van der Waals surface area (Å²) in [6, 6.07) is 0. The third-order valence-corrected chi connectivity index (χ3v) is 2.83. The zero-order valence-corrected chi connectivity index (χ0v) is 12.3. The zero-order chi connectivity index (χ0) is 12.6. The summed E-state index contributed by atoms with van der Waals surface area (Å²) in [5.74, 6) is 0.795. The molecule has 0 radical (unpaired) electrons. The van der Waals surface area contributed by atoms with Gasteiger partial charge in [0.05, 0.1) is 5.57 Å². The van der Waals surface area contributed by atoms with Crippen LogP contribution in [-0.4, -0.2) is 14.1 Å². The lowest BCUT2D eigenvalue weighted by Crippen LogP contribution is -2.36. The van der Waals surface area contributed by atoms with Crippen LogP contribution < -0.4 is 0 Å². The Bertz CT molecular complexity index is 335. The third kappa shape index (κ3) is 3.30. The van der Waals surface area contributed by atoms with E-state index in [9.17, 15) is 0 Å². The minimum absolute atomic E-state index is 0.614. The van der Waals surface area contributed by atoms with Crippen molar-refractivity contribution in [3.8, 4) is 0 Å². The molecule has 92 valence electrons. The molecule has 0 N–H and O–H groups in total. The third-order valence-electron chi connectivity index (χ3n) is 2.03. The Morgan fingerprint density at radius 3 is 2.19 bits per heavy atom. The smallest absolute Gasteiger partial charge is 0.275 e. The van der Waals surface area contributed by atoms with Crippen molar-refractivity contribution in [2.24, 2.45) is 0 Å². The Kier molecular flexibility index (Phi) is 3.43. The van der Waals surface area contributed by atoms with E-state index in [1.165, 1.54) is 0 Å². The molecule has 0 aromatic carbocycles. The summed E-state index contributed by atoms with van der Waals surface area (Å²) in [6.07, 6.45) is 1.94. The Hall–Kier alpha value is -0.903. The largest absolute Gasteiger partial charge is 0.519 e. The Morgan fingerprint density at radius 1 is 1.19 bits per heavy atom. The van der Waals surface area contributed by atoms with Crippen molar-refractivity contribution in [2.75, 3.05) is 0 Å². The molecule has 1 aliphatic heterocycles. The van der Waals surface area contributed by atoms with E-state index >= 15 is 0 Å². The maximum absolute atomic E-state index is 5.93. The Balaban J connectivity index is 3.04. The molecule has 0 aromatic heterocycles. The van der Waals surface area contributed by atoms with E-state index in [1.54, 1.807) is 0 Å². The molecule has 0 saturated carbocycles. The molecule has 1 aliphatic rings. The second-order valence-electron chi connectivity index (χ2n) is 5.38. The van der Waals surface area contributed by atoms with Crippen LogP contribution in [0, 0.1) is 0 Å². The first kappa shape index (κ1) is 13.2. The van der Waals surface area contributed by atoms with E-state index in [0.717, 1.165) is 11.3 Å². The SMILES string of the molecule is CC=C1OC(C)(C)OC(O[Si](C)(C)C)=C1C. The van der Waals surface area contributed by atoms with Gasteiger partial charge in [0.25, 0.3) is 5.95 Å². The van der Waals surface area contributed by atoms with Gasteiger partial charge in [-0.2, -0.15) is 0 Å². The summed E-state index contributed by atoms with van der Waals surface area (Å²) in [4.78, 5) is 0. The van der Waals surface area contributed by atoms with Crippen LogP contribution in [0.2, 0.25) is 19.6 Å². The second kappa shape index (κ2) is 4.16. The van der Waals surface area contributed by atoms with Gasteiger partial charge in [0.1, 0.15) is 5.76 Å². The van der Waals surface area contributed by atoms with E-state index in [1.807, 2.05) is 33.8 Å². The molecule has 0 atom stereocenters. The number of hydrogen-bond donors (Lipinski definition) is 0. The van der Waals surface area contributed by atoms with Crippen molar-refractivity contribution < 1.29 is 13.9 Å². The summed E-state index contributed by atoms with van der Waals surface area (Å²) >= 11 is 0. The summed E-state index contributed by atoms with van der Waals surface area (Å²) in [5.41, 5.74) is 0.934. The number of hydrogen-bond acceptors (Lipinski definition) is 3. The number of rotatable bonds is 2. The van der Waals surface area contributed by atoms with E-state index in [0.29, 0.717) is 5.95 Å². The van der Waals surface area contributed by atoms with Crippen molar-refractivity contribution in [1.82, 2.24) is 0 Å². The maximum atomic E-state index is 5.93. The molecule has 0 saturated heterocycles. The van der Waals surface area contributed by atoms with Gasteiger partial charge in [0.15, 0.2) is 0 Å². The van der Waals surface area contributed by atoms with Crippen LogP contribution >= 0.6 is 0 Å². The molecule has 4 heteroatoms. The normalized spacial score (nSPS) is 22.8. The van der Waals surface area contributed by atoms with Gasteiger partial charge >= 0.3 is 0 Å². The quantitative estimate of drug-likeness (QED) is 0.690. The minimum atomic E-state index is -1.66. The van der Waals surface area contributed by atoms with Gasteiger partial charge in [-0.25, -0.2) is 0 Å². The van der Waals surface area contributed by atoms with Crippen LogP contribution in [0.1, 0.15) is 27.7 Å². The fourth-order valence-electron chi connectivity index (χ4n) is 1.41. The van der Waals surface area contributed by atoms with Gasteiger partial charge < -0.3 is 13.9 Å². The topological polar surface area (TPSA) is 27.7 Å². The lowest BCUT2D eigenvalue weighted by Gasteiger charge is -2.37. The molecular weight excluding hydrogens is 220 g/mol. The molecule has 3 nitrogen and oxygen atoms in total. The van der Waals surface area contributed by atoms with Gasteiger partial charge in [-0.15, -0.1) is 0 Å². The van der Waals surface area contributed by atoms with E-state index in [4.69, 9.17) is 13.9 Å². The molecule has 0 aliphatic carbocycles. The summed E-state index contributed by atoms with van der Waals surface area (Å²) < 4.78 is 17.4. The fourth-order valence-corrected chi connectivity index (χ4v) is 2.16. The van der Waals surface area contributed by atoms with Crippen molar-refractivity contribution in [3.63, 3.8) is 0 Å². The lowest BCUT2D eigenvalue weighted by atomic mass is 10.2.